The standard InChI is InChI=1S/C11H17BrO3/c1-9(8-12)11(14)15-7-5-3-4-6-10(2)13/h1,3-8H2,2H3. The van der Waals surface area contributed by atoms with E-state index in [2.05, 4.69) is 22.5 Å². The van der Waals surface area contributed by atoms with Crippen molar-refractivity contribution in [3.8, 4) is 0 Å². The molecule has 0 radical (unpaired) electrons. The Morgan fingerprint density at radius 1 is 1.27 bits per heavy atom. The molecule has 0 saturated carbocycles. The van der Waals surface area contributed by atoms with Crippen molar-refractivity contribution in [1.82, 2.24) is 0 Å². The zero-order chi connectivity index (χ0) is 11.7. The second-order valence-corrected chi connectivity index (χ2v) is 3.95. The third-order valence-corrected chi connectivity index (χ3v) is 2.53. The molecule has 0 aliphatic carbocycles. The molecule has 0 aliphatic rings. The second kappa shape index (κ2) is 8.65. The Hall–Kier alpha value is -0.640. The number of carbonyl (C=O) groups is 2. The fourth-order valence-corrected chi connectivity index (χ4v) is 1.20. The Morgan fingerprint density at radius 2 is 1.93 bits per heavy atom. The Morgan fingerprint density at radius 3 is 2.47 bits per heavy atom. The highest BCUT2D eigenvalue weighted by atomic mass is 79.9. The van der Waals surface area contributed by atoms with Gasteiger partial charge in [-0.1, -0.05) is 22.5 Å². The van der Waals surface area contributed by atoms with E-state index in [1.165, 1.54) is 0 Å². The average molecular weight is 277 g/mol. The van der Waals surface area contributed by atoms with Gasteiger partial charge in [0.25, 0.3) is 0 Å². The van der Waals surface area contributed by atoms with Crippen LogP contribution in [0.5, 0.6) is 0 Å². The molecule has 0 heterocycles. The van der Waals surface area contributed by atoms with E-state index in [0.717, 1.165) is 19.3 Å². The maximum Gasteiger partial charge on any atom is 0.334 e. The highest BCUT2D eigenvalue weighted by Gasteiger charge is 2.05. The molecule has 86 valence electrons. The fraction of sp³-hybridized carbons (Fsp3) is 0.636. The number of rotatable bonds is 8. The molecule has 3 nitrogen and oxygen atoms in total. The molecule has 4 heteroatoms. The largest absolute Gasteiger partial charge is 0.462 e. The summed E-state index contributed by atoms with van der Waals surface area (Å²) in [5.74, 6) is -0.141. The van der Waals surface area contributed by atoms with E-state index in [-0.39, 0.29) is 11.8 Å². The van der Waals surface area contributed by atoms with Crippen molar-refractivity contribution < 1.29 is 14.3 Å². The van der Waals surface area contributed by atoms with E-state index < -0.39 is 0 Å². The van der Waals surface area contributed by atoms with Gasteiger partial charge >= 0.3 is 5.97 Å². The lowest BCUT2D eigenvalue weighted by Gasteiger charge is -2.04. The van der Waals surface area contributed by atoms with Gasteiger partial charge in [0.05, 0.1) is 6.61 Å². The van der Waals surface area contributed by atoms with Crippen LogP contribution in [-0.2, 0) is 14.3 Å². The SMILES string of the molecule is C=C(CBr)C(=O)OCCCCCC(C)=O. The third kappa shape index (κ3) is 8.36. The highest BCUT2D eigenvalue weighted by molar-refractivity contribution is 9.09. The van der Waals surface area contributed by atoms with Crippen LogP contribution in [0.15, 0.2) is 12.2 Å². The summed E-state index contributed by atoms with van der Waals surface area (Å²) in [5, 5.41) is 0.441. The maximum atomic E-state index is 11.1. The van der Waals surface area contributed by atoms with Gasteiger partial charge < -0.3 is 9.53 Å². The van der Waals surface area contributed by atoms with Crippen LogP contribution in [0.4, 0.5) is 0 Å². The minimum absolute atomic E-state index is 0.208. The van der Waals surface area contributed by atoms with Gasteiger partial charge in [0.15, 0.2) is 0 Å². The van der Waals surface area contributed by atoms with Gasteiger partial charge in [-0.15, -0.1) is 0 Å². The molecule has 0 fully saturated rings. The van der Waals surface area contributed by atoms with E-state index in [0.29, 0.717) is 23.9 Å². The molecule has 0 amide bonds. The molecule has 0 aromatic carbocycles. The first-order valence-electron chi connectivity index (χ1n) is 4.98. The van der Waals surface area contributed by atoms with Crippen molar-refractivity contribution in [3.63, 3.8) is 0 Å². The third-order valence-electron chi connectivity index (χ3n) is 1.86. The molecule has 0 atom stereocenters. The number of Topliss-reactive ketones (excluding diaryl/α,β-unsaturated/α-hetero) is 1. The van der Waals surface area contributed by atoms with E-state index in [4.69, 9.17) is 4.74 Å². The minimum Gasteiger partial charge on any atom is -0.462 e. The van der Waals surface area contributed by atoms with Crippen LogP contribution >= 0.6 is 15.9 Å². The molecule has 0 aromatic heterocycles. The summed E-state index contributed by atoms with van der Waals surface area (Å²) in [6, 6.07) is 0. The number of esters is 1. The van der Waals surface area contributed by atoms with Crippen molar-refractivity contribution in [2.75, 3.05) is 11.9 Å². The van der Waals surface area contributed by atoms with Gasteiger partial charge in [-0.05, 0) is 26.2 Å². The number of hydrogen-bond donors (Lipinski definition) is 0. The Kier molecular flexibility index (Phi) is 8.28. The number of carbonyl (C=O) groups excluding carboxylic acids is 2. The predicted molar refractivity (Wildman–Crippen MR) is 63.0 cm³/mol. The summed E-state index contributed by atoms with van der Waals surface area (Å²) >= 11 is 3.13. The first kappa shape index (κ1) is 14.4. The van der Waals surface area contributed by atoms with Gasteiger partial charge in [-0.3, -0.25) is 0 Å². The van der Waals surface area contributed by atoms with Crippen molar-refractivity contribution in [2.45, 2.75) is 32.6 Å². The molecule has 0 saturated heterocycles. The minimum atomic E-state index is -0.349. The number of ether oxygens (including phenoxy) is 1. The van der Waals surface area contributed by atoms with Crippen molar-refractivity contribution in [3.05, 3.63) is 12.2 Å². The topological polar surface area (TPSA) is 43.4 Å². The van der Waals surface area contributed by atoms with Crippen LogP contribution in [0.1, 0.15) is 32.6 Å². The first-order valence-corrected chi connectivity index (χ1v) is 6.10. The van der Waals surface area contributed by atoms with E-state index in [1.807, 2.05) is 0 Å². The monoisotopic (exact) mass is 276 g/mol. The summed E-state index contributed by atoms with van der Waals surface area (Å²) in [7, 11) is 0. The van der Waals surface area contributed by atoms with Crippen molar-refractivity contribution >= 4 is 27.7 Å². The predicted octanol–water partition coefficient (Wildman–Crippen LogP) is 2.63. The maximum absolute atomic E-state index is 11.1. The van der Waals surface area contributed by atoms with Crippen molar-refractivity contribution in [2.24, 2.45) is 0 Å². The van der Waals surface area contributed by atoms with Gasteiger partial charge in [-0.2, -0.15) is 0 Å². The number of alkyl halides is 1. The van der Waals surface area contributed by atoms with Crippen LogP contribution in [0.25, 0.3) is 0 Å². The second-order valence-electron chi connectivity index (χ2n) is 3.39. The quantitative estimate of drug-likeness (QED) is 0.296. The molecule has 0 bridgehead atoms. The van der Waals surface area contributed by atoms with E-state index in [1.54, 1.807) is 6.92 Å². The van der Waals surface area contributed by atoms with Crippen LogP contribution in [0.3, 0.4) is 0 Å². The van der Waals surface area contributed by atoms with Crippen LogP contribution < -0.4 is 0 Å². The zero-order valence-corrected chi connectivity index (χ0v) is 10.6. The van der Waals surface area contributed by atoms with E-state index in [9.17, 15) is 9.59 Å². The number of halogens is 1. The highest BCUT2D eigenvalue weighted by Crippen LogP contribution is 2.03. The smallest absolute Gasteiger partial charge is 0.334 e. The lowest BCUT2D eigenvalue weighted by molar-refractivity contribution is -0.139. The molecular weight excluding hydrogens is 260 g/mol. The van der Waals surface area contributed by atoms with Gasteiger partial charge in [-0.25, -0.2) is 4.79 Å². The number of hydrogen-bond acceptors (Lipinski definition) is 3. The molecule has 15 heavy (non-hydrogen) atoms. The first-order chi connectivity index (χ1) is 7.07. The summed E-state index contributed by atoms with van der Waals surface area (Å²) in [5.41, 5.74) is 0.429. The number of unbranched alkanes of at least 4 members (excludes halogenated alkanes) is 2. The molecule has 0 aliphatic heterocycles. The van der Waals surface area contributed by atoms with E-state index >= 15 is 0 Å². The summed E-state index contributed by atoms with van der Waals surface area (Å²) < 4.78 is 4.95. The summed E-state index contributed by atoms with van der Waals surface area (Å²) in [4.78, 5) is 21.7. The number of ketones is 1. The van der Waals surface area contributed by atoms with Crippen LogP contribution in [0, 0.1) is 0 Å². The van der Waals surface area contributed by atoms with Gasteiger partial charge in [0.1, 0.15) is 5.78 Å². The molecular formula is C11H17BrO3. The molecule has 0 spiro atoms. The Bertz CT molecular complexity index is 236. The lowest BCUT2D eigenvalue weighted by Crippen LogP contribution is -2.09. The lowest BCUT2D eigenvalue weighted by atomic mass is 10.1. The van der Waals surface area contributed by atoms with Crippen LogP contribution in [0.2, 0.25) is 0 Å². The Balaban J connectivity index is 3.35. The van der Waals surface area contributed by atoms with Gasteiger partial charge in [0.2, 0.25) is 0 Å². The molecule has 0 rings (SSSR count). The molecule has 0 unspecified atom stereocenters. The summed E-state index contributed by atoms with van der Waals surface area (Å²) in [6.07, 6.45) is 3.19. The normalized spacial score (nSPS) is 9.73. The fourth-order valence-electron chi connectivity index (χ4n) is 0.974. The summed E-state index contributed by atoms with van der Waals surface area (Å²) in [6.45, 7) is 5.53. The Labute approximate surface area is 99.0 Å². The zero-order valence-electron chi connectivity index (χ0n) is 9.05. The van der Waals surface area contributed by atoms with Crippen molar-refractivity contribution in [1.29, 1.82) is 0 Å². The molecule has 0 aromatic rings. The van der Waals surface area contributed by atoms with Crippen LogP contribution in [-0.4, -0.2) is 23.7 Å². The molecule has 0 N–H and O–H groups in total. The average Bonchev–Trinajstić information content (AvgIpc) is 2.21. The van der Waals surface area contributed by atoms with Gasteiger partial charge in [0, 0.05) is 17.3 Å².